The molecular weight excluding hydrogens is 376 g/mol. The zero-order valence-electron chi connectivity index (χ0n) is 15.3. The Morgan fingerprint density at radius 3 is 2.89 bits per heavy atom. The van der Waals surface area contributed by atoms with Crippen molar-refractivity contribution in [1.29, 1.82) is 0 Å². The minimum atomic E-state index is -0.479. The Hall–Kier alpha value is -2.81. The Labute approximate surface area is 166 Å². The third-order valence-electron chi connectivity index (χ3n) is 4.55. The highest BCUT2D eigenvalue weighted by atomic mass is 32.2. The lowest BCUT2D eigenvalue weighted by atomic mass is 10.1. The van der Waals surface area contributed by atoms with Crippen LogP contribution in [0.2, 0.25) is 0 Å². The normalized spacial score (nSPS) is 16.4. The molecule has 28 heavy (non-hydrogen) atoms. The quantitative estimate of drug-likeness (QED) is 0.347. The van der Waals surface area contributed by atoms with Gasteiger partial charge in [0.2, 0.25) is 0 Å². The summed E-state index contributed by atoms with van der Waals surface area (Å²) in [6.45, 7) is 2.87. The van der Waals surface area contributed by atoms with E-state index in [1.807, 2.05) is 65.8 Å². The van der Waals surface area contributed by atoms with E-state index in [4.69, 9.17) is 9.94 Å². The second-order valence-electron chi connectivity index (χ2n) is 6.48. The van der Waals surface area contributed by atoms with Crippen LogP contribution >= 0.6 is 12.1 Å². The maximum Gasteiger partial charge on any atom is 0.268 e. The molecule has 8 heteroatoms. The van der Waals surface area contributed by atoms with Crippen molar-refractivity contribution in [2.45, 2.75) is 19.6 Å². The van der Waals surface area contributed by atoms with E-state index in [-0.39, 0.29) is 0 Å². The van der Waals surface area contributed by atoms with Crippen LogP contribution in [0.25, 0.3) is 10.9 Å². The lowest BCUT2D eigenvalue weighted by Gasteiger charge is -2.22. The van der Waals surface area contributed by atoms with Crippen LogP contribution in [0.3, 0.4) is 0 Å². The summed E-state index contributed by atoms with van der Waals surface area (Å²) in [6.07, 6.45) is 0. The highest BCUT2D eigenvalue weighted by Gasteiger charge is 2.32. The van der Waals surface area contributed by atoms with E-state index >= 15 is 0 Å². The molecule has 1 fully saturated rings. The van der Waals surface area contributed by atoms with Crippen LogP contribution in [-0.2, 0) is 11.4 Å². The van der Waals surface area contributed by atoms with Gasteiger partial charge in [0.05, 0.1) is 5.52 Å². The molecule has 1 aliphatic heterocycles. The van der Waals surface area contributed by atoms with Gasteiger partial charge in [0.1, 0.15) is 18.4 Å². The number of carbonyl (C=O) groups excluding carboxylic acids is 1. The lowest BCUT2D eigenvalue weighted by molar-refractivity contribution is -0.130. The van der Waals surface area contributed by atoms with Crippen molar-refractivity contribution in [3.63, 3.8) is 0 Å². The van der Waals surface area contributed by atoms with Gasteiger partial charge in [-0.2, -0.15) is 0 Å². The molecule has 0 bridgehead atoms. The molecule has 7 nitrogen and oxygen atoms in total. The first-order chi connectivity index (χ1) is 13.7. The summed E-state index contributed by atoms with van der Waals surface area (Å²) in [6, 6.07) is 17.1. The van der Waals surface area contributed by atoms with Gasteiger partial charge in [0, 0.05) is 41.0 Å². The molecule has 0 saturated carbocycles. The van der Waals surface area contributed by atoms with Crippen LogP contribution in [-0.4, -0.2) is 28.7 Å². The molecule has 3 aromatic rings. The predicted molar refractivity (Wildman–Crippen MR) is 109 cm³/mol. The monoisotopic (exact) mass is 396 g/mol. The minimum absolute atomic E-state index is 0.443. The summed E-state index contributed by atoms with van der Waals surface area (Å²) in [5.41, 5.74) is 5.57. The molecule has 1 saturated heterocycles. The number of nitrogens with one attached hydrogen (secondary N) is 2. The molecular formula is C20H20N4O3S. The van der Waals surface area contributed by atoms with Gasteiger partial charge in [-0.25, -0.2) is 10.2 Å². The summed E-state index contributed by atoms with van der Waals surface area (Å²) < 4.78 is 10.8. The SMILES string of the molecule is Cc1cc(COc2ccc(N3SNCC3C(=O)NO)cc2)c2ccccc2n1. The summed E-state index contributed by atoms with van der Waals surface area (Å²) in [5.74, 6) is 0.292. The van der Waals surface area contributed by atoms with Crippen molar-refractivity contribution in [2.75, 3.05) is 10.8 Å². The second kappa shape index (κ2) is 8.05. The number of para-hydroxylation sites is 1. The summed E-state index contributed by atoms with van der Waals surface area (Å²) in [4.78, 5) is 16.3. The molecule has 1 atom stereocenters. The highest BCUT2D eigenvalue weighted by molar-refractivity contribution is 7.99. The third kappa shape index (κ3) is 3.75. The first kappa shape index (κ1) is 18.5. The standard InChI is InChI=1S/C20H20N4O3S/c1-13-10-14(17-4-2-3-5-18(17)22-13)12-27-16-8-6-15(7-9-16)24-19(11-21-28-24)20(25)23-26/h2-10,19,21,26H,11-12H2,1H3,(H,23,25). The van der Waals surface area contributed by atoms with Gasteiger partial charge < -0.3 is 4.74 Å². The van der Waals surface area contributed by atoms with Crippen LogP contribution in [0.1, 0.15) is 11.3 Å². The highest BCUT2D eigenvalue weighted by Crippen LogP contribution is 2.30. The summed E-state index contributed by atoms with van der Waals surface area (Å²) >= 11 is 1.33. The number of fused-ring (bicyclic) bond motifs is 1. The third-order valence-corrected chi connectivity index (χ3v) is 5.51. The number of rotatable bonds is 5. The molecule has 4 rings (SSSR count). The van der Waals surface area contributed by atoms with Crippen molar-refractivity contribution in [1.82, 2.24) is 15.2 Å². The number of ether oxygens (including phenoxy) is 1. The van der Waals surface area contributed by atoms with Crippen LogP contribution in [0.5, 0.6) is 5.75 Å². The number of nitrogens with zero attached hydrogens (tertiary/aromatic N) is 2. The van der Waals surface area contributed by atoms with E-state index in [9.17, 15) is 4.79 Å². The van der Waals surface area contributed by atoms with E-state index < -0.39 is 11.9 Å². The average molecular weight is 396 g/mol. The van der Waals surface area contributed by atoms with E-state index in [0.29, 0.717) is 13.2 Å². The fourth-order valence-electron chi connectivity index (χ4n) is 3.20. The first-order valence-corrected chi connectivity index (χ1v) is 9.64. The van der Waals surface area contributed by atoms with Gasteiger partial charge in [0.15, 0.2) is 0 Å². The number of hydrogen-bond donors (Lipinski definition) is 3. The molecule has 1 amide bonds. The van der Waals surface area contributed by atoms with Crippen molar-refractivity contribution in [3.05, 3.63) is 65.9 Å². The van der Waals surface area contributed by atoms with E-state index in [0.717, 1.165) is 33.6 Å². The number of pyridine rings is 1. The maximum absolute atomic E-state index is 11.8. The van der Waals surface area contributed by atoms with Crippen LogP contribution in [0.15, 0.2) is 54.6 Å². The number of benzene rings is 2. The van der Waals surface area contributed by atoms with Gasteiger partial charge in [-0.05, 0) is 43.3 Å². The van der Waals surface area contributed by atoms with Crippen molar-refractivity contribution in [3.8, 4) is 5.75 Å². The molecule has 3 N–H and O–H groups in total. The Morgan fingerprint density at radius 2 is 2.11 bits per heavy atom. The number of aromatic nitrogens is 1. The Kier molecular flexibility index (Phi) is 5.34. The van der Waals surface area contributed by atoms with E-state index in [1.165, 1.54) is 12.1 Å². The number of hydroxylamine groups is 1. The summed E-state index contributed by atoms with van der Waals surface area (Å²) in [5, 5.41) is 9.97. The minimum Gasteiger partial charge on any atom is -0.489 e. The van der Waals surface area contributed by atoms with E-state index in [2.05, 4.69) is 9.71 Å². The maximum atomic E-state index is 11.8. The number of carbonyl (C=O) groups is 1. The van der Waals surface area contributed by atoms with E-state index in [1.54, 1.807) is 5.48 Å². The van der Waals surface area contributed by atoms with Gasteiger partial charge >= 0.3 is 0 Å². The molecule has 2 aromatic carbocycles. The van der Waals surface area contributed by atoms with Crippen molar-refractivity contribution in [2.24, 2.45) is 0 Å². The van der Waals surface area contributed by atoms with Gasteiger partial charge in [0.25, 0.3) is 5.91 Å². The Bertz CT molecular complexity index is 996. The fraction of sp³-hybridized carbons (Fsp3) is 0.200. The van der Waals surface area contributed by atoms with Crippen molar-refractivity contribution >= 4 is 34.6 Å². The number of aryl methyl sites for hydroxylation is 1. The molecule has 2 heterocycles. The molecule has 144 valence electrons. The first-order valence-electron chi connectivity index (χ1n) is 8.87. The molecule has 0 aliphatic carbocycles. The lowest BCUT2D eigenvalue weighted by Crippen LogP contribution is -2.42. The van der Waals surface area contributed by atoms with Gasteiger partial charge in [-0.1, -0.05) is 18.2 Å². The van der Waals surface area contributed by atoms with Crippen LogP contribution in [0.4, 0.5) is 5.69 Å². The smallest absolute Gasteiger partial charge is 0.268 e. The van der Waals surface area contributed by atoms with Gasteiger partial charge in [-0.3, -0.25) is 19.3 Å². The molecule has 0 spiro atoms. The number of hydrogen-bond acceptors (Lipinski definition) is 7. The molecule has 1 aromatic heterocycles. The largest absolute Gasteiger partial charge is 0.489 e. The molecule has 0 radical (unpaired) electrons. The molecule has 1 aliphatic rings. The zero-order valence-corrected chi connectivity index (χ0v) is 16.1. The topological polar surface area (TPSA) is 86.7 Å². The Morgan fingerprint density at radius 1 is 1.32 bits per heavy atom. The Balaban J connectivity index is 1.48. The van der Waals surface area contributed by atoms with Crippen molar-refractivity contribution < 1.29 is 14.7 Å². The zero-order chi connectivity index (χ0) is 19.5. The average Bonchev–Trinajstić information content (AvgIpc) is 3.21. The number of anilines is 1. The summed E-state index contributed by atoms with van der Waals surface area (Å²) in [7, 11) is 0. The number of amides is 1. The van der Waals surface area contributed by atoms with Crippen LogP contribution in [0, 0.1) is 6.92 Å². The van der Waals surface area contributed by atoms with Gasteiger partial charge in [-0.15, -0.1) is 0 Å². The second-order valence-corrected chi connectivity index (χ2v) is 7.34. The predicted octanol–water partition coefficient (Wildman–Crippen LogP) is 2.97. The fourth-order valence-corrected chi connectivity index (χ4v) is 4.10. The molecule has 1 unspecified atom stereocenters. The van der Waals surface area contributed by atoms with Crippen LogP contribution < -0.4 is 19.2 Å².